The van der Waals surface area contributed by atoms with Gasteiger partial charge >= 0.3 is 0 Å². The number of benzene rings is 5. The van der Waals surface area contributed by atoms with Gasteiger partial charge in [0, 0.05) is 61.3 Å². The number of hydrogen-bond donors (Lipinski definition) is 0. The Kier molecular flexibility index (Phi) is 10.5. The van der Waals surface area contributed by atoms with E-state index in [0.29, 0.717) is 11.5 Å². The van der Waals surface area contributed by atoms with Crippen LogP contribution >= 0.6 is 0 Å². The predicted octanol–water partition coefficient (Wildman–Crippen LogP) is 13.7. The Labute approximate surface area is 347 Å². The van der Waals surface area contributed by atoms with Gasteiger partial charge in [0.25, 0.3) is 0 Å². The molecule has 0 atom stereocenters. The maximum atomic E-state index is 6.83. The molecule has 7 aromatic rings. The van der Waals surface area contributed by atoms with Gasteiger partial charge < -0.3 is 19.1 Å². The zero-order valence-electron chi connectivity index (χ0n) is 34.0. The first-order valence-electron chi connectivity index (χ1n) is 19.6. The first-order valence-corrected chi connectivity index (χ1v) is 19.6. The molecule has 5 nitrogen and oxygen atoms in total. The molecule has 0 fully saturated rings. The van der Waals surface area contributed by atoms with E-state index >= 15 is 0 Å². The second kappa shape index (κ2) is 14.9. The fraction of sp³-hybridized carbons (Fsp3) is 0.280. The largest absolute Gasteiger partial charge is 0.509 e. The molecule has 56 heavy (non-hydrogen) atoms. The Morgan fingerprint density at radius 1 is 0.625 bits per heavy atom. The summed E-state index contributed by atoms with van der Waals surface area (Å²) in [6, 6.07) is 46.3. The zero-order valence-corrected chi connectivity index (χ0v) is 36.2. The number of aromatic nitrogens is 2. The molecule has 0 amide bonds. The minimum absolute atomic E-state index is 0. The Morgan fingerprint density at radius 3 is 2.02 bits per heavy atom. The van der Waals surface area contributed by atoms with Crippen molar-refractivity contribution in [1.82, 2.24) is 9.55 Å². The third-order valence-electron chi connectivity index (χ3n) is 11.6. The normalized spacial score (nSPS) is 13.3. The van der Waals surface area contributed by atoms with E-state index in [0.717, 1.165) is 63.2 Å². The van der Waals surface area contributed by atoms with Crippen molar-refractivity contribution in [2.24, 2.45) is 0 Å². The van der Waals surface area contributed by atoms with Crippen LogP contribution in [-0.4, -0.2) is 9.55 Å². The Hall–Kier alpha value is -4.86. The summed E-state index contributed by atoms with van der Waals surface area (Å²) in [7, 11) is 0. The molecule has 1 aliphatic rings. The molecular formula is C50H51N4OPt-3. The van der Waals surface area contributed by atoms with Crippen molar-refractivity contribution in [2.45, 2.75) is 91.4 Å². The second-order valence-corrected chi connectivity index (χ2v) is 17.2. The van der Waals surface area contributed by atoms with Crippen molar-refractivity contribution in [3.63, 3.8) is 0 Å². The fourth-order valence-corrected chi connectivity index (χ4v) is 7.65. The molecule has 8 rings (SSSR count). The third-order valence-corrected chi connectivity index (χ3v) is 11.6. The summed E-state index contributed by atoms with van der Waals surface area (Å²) >= 11 is 0. The molecule has 1 aliphatic heterocycles. The van der Waals surface area contributed by atoms with E-state index in [9.17, 15) is 0 Å². The van der Waals surface area contributed by atoms with Gasteiger partial charge in [-0.15, -0.1) is 53.6 Å². The number of para-hydroxylation sites is 3. The summed E-state index contributed by atoms with van der Waals surface area (Å²) in [6.07, 6.45) is 3.90. The van der Waals surface area contributed by atoms with Crippen molar-refractivity contribution in [1.29, 1.82) is 0 Å². The standard InChI is InChI=1S/C50H51N4O.Pt/c1-10-50(9,11-2)36-28-38(53-33-52(44-21-14-15-22-45(44)53)37-18-16-17-34(27-37)48(3,4)5)31-40(29-36)55-39-23-24-42-41-19-12-13-20-43(41)54(46(42)32-39)47-30-35(25-26-51-47)49(6,7)8;/h12-30,33H,10-11H2,1-9H3;/q-3;. The summed E-state index contributed by atoms with van der Waals surface area (Å²) in [4.78, 5) is 9.40. The molecule has 3 heterocycles. The zero-order chi connectivity index (χ0) is 38.7. The van der Waals surface area contributed by atoms with Gasteiger partial charge in [-0.3, -0.25) is 0 Å². The Morgan fingerprint density at radius 2 is 1.30 bits per heavy atom. The Balaban J connectivity index is 0.00000480. The van der Waals surface area contributed by atoms with Crippen LogP contribution in [0.3, 0.4) is 0 Å². The summed E-state index contributed by atoms with van der Waals surface area (Å²) in [5, 5.41) is 2.26. The monoisotopic (exact) mass is 918 g/mol. The van der Waals surface area contributed by atoms with Crippen LogP contribution in [0.5, 0.6) is 11.5 Å². The van der Waals surface area contributed by atoms with E-state index in [1.54, 1.807) is 0 Å². The minimum atomic E-state index is -0.0498. The van der Waals surface area contributed by atoms with Crippen molar-refractivity contribution < 1.29 is 25.8 Å². The number of fused-ring (bicyclic) bond motifs is 4. The molecule has 0 aliphatic carbocycles. The van der Waals surface area contributed by atoms with Gasteiger partial charge in [-0.1, -0.05) is 110 Å². The number of pyridine rings is 1. The summed E-state index contributed by atoms with van der Waals surface area (Å²) < 4.78 is 9.04. The van der Waals surface area contributed by atoms with E-state index < -0.39 is 0 Å². The predicted molar refractivity (Wildman–Crippen MR) is 230 cm³/mol. The number of nitrogens with zero attached hydrogens (tertiary/aromatic N) is 4. The average molecular weight is 919 g/mol. The van der Waals surface area contributed by atoms with Crippen LogP contribution < -0.4 is 14.5 Å². The summed E-state index contributed by atoms with van der Waals surface area (Å²) in [5.41, 5.74) is 10.0. The van der Waals surface area contributed by atoms with Crippen molar-refractivity contribution in [2.75, 3.05) is 9.80 Å². The van der Waals surface area contributed by atoms with Crippen LogP contribution in [0.1, 0.15) is 91.8 Å². The van der Waals surface area contributed by atoms with Crippen LogP contribution in [0.15, 0.2) is 115 Å². The van der Waals surface area contributed by atoms with E-state index in [1.165, 1.54) is 16.7 Å². The van der Waals surface area contributed by atoms with Crippen molar-refractivity contribution in [3.05, 3.63) is 151 Å². The maximum Gasteiger partial charge on any atom is 0.135 e. The molecule has 290 valence electrons. The van der Waals surface area contributed by atoms with Gasteiger partial charge in [-0.25, -0.2) is 4.98 Å². The van der Waals surface area contributed by atoms with Crippen LogP contribution in [0.25, 0.3) is 27.6 Å². The van der Waals surface area contributed by atoms with Gasteiger partial charge in [0.05, 0.1) is 0 Å². The van der Waals surface area contributed by atoms with Gasteiger partial charge in [0.15, 0.2) is 0 Å². The first-order chi connectivity index (χ1) is 26.3. The molecule has 0 bridgehead atoms. The number of ether oxygens (including phenoxy) is 1. The number of anilines is 4. The van der Waals surface area contributed by atoms with E-state index in [2.05, 4.69) is 199 Å². The first kappa shape index (κ1) is 39.4. The van der Waals surface area contributed by atoms with Gasteiger partial charge in [0.2, 0.25) is 0 Å². The summed E-state index contributed by atoms with van der Waals surface area (Å²) in [5.74, 6) is 2.15. The van der Waals surface area contributed by atoms with Gasteiger partial charge in [-0.2, -0.15) is 6.07 Å². The molecule has 0 unspecified atom stereocenters. The molecule has 0 radical (unpaired) electrons. The molecule has 5 aromatic carbocycles. The SMILES string of the molecule is CCC(C)(CC)c1cc(Oc2[c-]c3c(cc2)c2ccccc2n3-c2cc(C(C)(C)C)ccn2)[c-]c(N2[CH-]N(c3cccc(C(C)(C)C)c3)c3ccccc32)c1.[Pt]. The Bertz CT molecular complexity index is 2530. The molecule has 0 N–H and O–H groups in total. The van der Waals surface area contributed by atoms with Crippen LogP contribution in [0, 0.1) is 18.8 Å². The van der Waals surface area contributed by atoms with E-state index in [1.807, 2.05) is 12.3 Å². The second-order valence-electron chi connectivity index (χ2n) is 17.2. The average Bonchev–Trinajstić information content (AvgIpc) is 3.73. The summed E-state index contributed by atoms with van der Waals surface area (Å²) in [6.45, 7) is 22.6. The topological polar surface area (TPSA) is 33.5 Å². The maximum absolute atomic E-state index is 6.83. The molecule has 0 saturated carbocycles. The number of rotatable bonds is 8. The number of hydrogen-bond acceptors (Lipinski definition) is 4. The van der Waals surface area contributed by atoms with Crippen LogP contribution in [0.4, 0.5) is 22.7 Å². The van der Waals surface area contributed by atoms with Crippen molar-refractivity contribution in [3.8, 4) is 17.3 Å². The molecule has 0 spiro atoms. The molecule has 2 aromatic heterocycles. The van der Waals surface area contributed by atoms with Crippen molar-refractivity contribution >= 4 is 44.6 Å². The smallest absolute Gasteiger partial charge is 0.135 e. The van der Waals surface area contributed by atoms with E-state index in [-0.39, 0.29) is 37.3 Å². The third kappa shape index (κ3) is 7.16. The molecule has 0 saturated heterocycles. The molecule has 6 heteroatoms. The minimum Gasteiger partial charge on any atom is -0.509 e. The molecular weight excluding hydrogens is 868 g/mol. The quantitative estimate of drug-likeness (QED) is 0.142. The van der Waals surface area contributed by atoms with Crippen LogP contribution in [0.2, 0.25) is 0 Å². The van der Waals surface area contributed by atoms with Gasteiger partial charge in [0.1, 0.15) is 5.82 Å². The fourth-order valence-electron chi connectivity index (χ4n) is 7.65. The van der Waals surface area contributed by atoms with Crippen LogP contribution in [-0.2, 0) is 37.3 Å². The van der Waals surface area contributed by atoms with E-state index in [4.69, 9.17) is 9.72 Å². The van der Waals surface area contributed by atoms with Gasteiger partial charge in [-0.05, 0) is 88.1 Å².